The number of β-amino-alcohol motifs (C(OH)–C–C–N with tert-alkyl or cyclic N) is 1. The maximum Gasteiger partial charge on any atom is 0.223 e. The van der Waals surface area contributed by atoms with Gasteiger partial charge in [0.2, 0.25) is 5.91 Å². The number of benzene rings is 1. The lowest BCUT2D eigenvalue weighted by Crippen LogP contribution is -2.62. The van der Waals surface area contributed by atoms with E-state index in [1.54, 1.807) is 0 Å². The minimum Gasteiger partial charge on any atom is -0.390 e. The van der Waals surface area contributed by atoms with Crippen molar-refractivity contribution in [2.24, 2.45) is 23.2 Å². The molecule has 5 aliphatic rings. The van der Waals surface area contributed by atoms with Gasteiger partial charge < -0.3 is 15.1 Å². The molecule has 4 nitrogen and oxygen atoms in total. The Morgan fingerprint density at radius 1 is 1.19 bits per heavy atom. The van der Waals surface area contributed by atoms with E-state index < -0.39 is 5.60 Å². The Labute approximate surface area is 161 Å². The molecule has 1 aromatic carbocycles. The lowest BCUT2D eigenvalue weighted by Gasteiger charge is -2.64. The highest BCUT2D eigenvalue weighted by Gasteiger charge is 2.62. The average molecular weight is 370 g/mol. The summed E-state index contributed by atoms with van der Waals surface area (Å²) >= 11 is 0. The predicted octanol–water partition coefficient (Wildman–Crippen LogP) is 2.69. The van der Waals surface area contributed by atoms with Crippen LogP contribution in [0.25, 0.3) is 0 Å². The van der Waals surface area contributed by atoms with E-state index in [4.69, 9.17) is 0 Å². The summed E-state index contributed by atoms with van der Waals surface area (Å²) in [7, 11) is 0. The Hall–Kier alpha value is -1.39. The molecule has 4 saturated carbocycles. The molecular formula is C23H31NO3. The number of carbonyl (C=O) groups is 1. The first-order valence-corrected chi connectivity index (χ1v) is 10.6. The number of amides is 1. The second-order valence-corrected chi connectivity index (χ2v) is 10.1. The van der Waals surface area contributed by atoms with Gasteiger partial charge in [-0.05, 0) is 74.2 Å². The van der Waals surface area contributed by atoms with Crippen molar-refractivity contribution in [2.45, 2.75) is 63.6 Å². The van der Waals surface area contributed by atoms with Crippen LogP contribution in [0.5, 0.6) is 0 Å². The van der Waals surface area contributed by atoms with Crippen LogP contribution in [0.4, 0.5) is 0 Å². The van der Waals surface area contributed by atoms with E-state index in [9.17, 15) is 15.0 Å². The van der Waals surface area contributed by atoms with Crippen LogP contribution in [0, 0.1) is 30.1 Å². The molecule has 4 bridgehead atoms. The SMILES string of the molecule is Cc1cccc(C[C@]2(CC(=O)N3CC(O)C3)C3CC4CC2C[C@@](O)(C4)C3)c1. The number of carbonyl (C=O) groups excluding carboxylic acids is 1. The summed E-state index contributed by atoms with van der Waals surface area (Å²) in [4.78, 5) is 14.9. The summed E-state index contributed by atoms with van der Waals surface area (Å²) in [5.74, 6) is 1.71. The van der Waals surface area contributed by atoms with Crippen LogP contribution in [-0.2, 0) is 11.2 Å². The van der Waals surface area contributed by atoms with Crippen LogP contribution >= 0.6 is 0 Å². The smallest absolute Gasteiger partial charge is 0.223 e. The third-order valence-corrected chi connectivity index (χ3v) is 8.09. The zero-order valence-electron chi connectivity index (χ0n) is 16.2. The van der Waals surface area contributed by atoms with Crippen LogP contribution in [0.3, 0.4) is 0 Å². The summed E-state index contributed by atoms with van der Waals surface area (Å²) in [6.07, 6.45) is 6.19. The first kappa shape index (κ1) is 17.7. The van der Waals surface area contributed by atoms with Crippen molar-refractivity contribution in [3.63, 3.8) is 0 Å². The van der Waals surface area contributed by atoms with E-state index in [1.165, 1.54) is 24.0 Å². The monoisotopic (exact) mass is 369 g/mol. The fourth-order valence-electron chi connectivity index (χ4n) is 7.04. The van der Waals surface area contributed by atoms with E-state index in [0.29, 0.717) is 37.3 Å². The highest BCUT2D eigenvalue weighted by Crippen LogP contribution is 2.65. The third-order valence-electron chi connectivity index (χ3n) is 8.09. The standard InChI is InChI=1S/C23H31NO3/c1-15-3-2-4-16(5-15)9-23(12-21(26)24-13-20(25)14-24)18-6-17-7-19(23)11-22(27,8-17)10-18/h2-5,17-20,25,27H,6-14H2,1H3/t17?,18?,19?,22-,23+. The zero-order chi connectivity index (χ0) is 18.8. The molecule has 4 aliphatic carbocycles. The van der Waals surface area contributed by atoms with Crippen LogP contribution in [0.15, 0.2) is 24.3 Å². The Kier molecular flexibility index (Phi) is 3.97. The van der Waals surface area contributed by atoms with E-state index in [2.05, 4.69) is 31.2 Å². The molecule has 4 heteroatoms. The number of aliphatic hydroxyl groups is 2. The van der Waals surface area contributed by atoms with Gasteiger partial charge in [0.1, 0.15) is 0 Å². The van der Waals surface area contributed by atoms with E-state index >= 15 is 0 Å². The largest absolute Gasteiger partial charge is 0.390 e. The number of aryl methyl sites for hydroxylation is 1. The molecule has 2 atom stereocenters. The normalized spacial score (nSPS) is 40.3. The number of hydrogen-bond acceptors (Lipinski definition) is 3. The molecule has 0 aromatic heterocycles. The molecule has 1 heterocycles. The molecule has 6 rings (SSSR count). The predicted molar refractivity (Wildman–Crippen MR) is 103 cm³/mol. The first-order chi connectivity index (χ1) is 12.9. The molecule has 2 N–H and O–H groups in total. The van der Waals surface area contributed by atoms with Gasteiger partial charge in [-0.25, -0.2) is 0 Å². The molecule has 1 saturated heterocycles. The topological polar surface area (TPSA) is 60.8 Å². The number of aliphatic hydroxyl groups excluding tert-OH is 1. The van der Waals surface area contributed by atoms with Crippen molar-refractivity contribution in [1.82, 2.24) is 4.90 Å². The molecular weight excluding hydrogens is 338 g/mol. The van der Waals surface area contributed by atoms with Crippen LogP contribution < -0.4 is 0 Å². The average Bonchev–Trinajstić information content (AvgIpc) is 2.55. The van der Waals surface area contributed by atoms with Gasteiger partial charge in [0.15, 0.2) is 0 Å². The summed E-state index contributed by atoms with van der Waals surface area (Å²) in [6.45, 7) is 3.10. The summed E-state index contributed by atoms with van der Waals surface area (Å²) < 4.78 is 0. The lowest BCUT2D eigenvalue weighted by atomic mass is 9.42. The van der Waals surface area contributed by atoms with Crippen molar-refractivity contribution in [3.8, 4) is 0 Å². The van der Waals surface area contributed by atoms with Crippen LogP contribution in [0.2, 0.25) is 0 Å². The van der Waals surface area contributed by atoms with E-state index in [-0.39, 0.29) is 17.4 Å². The van der Waals surface area contributed by atoms with E-state index in [0.717, 1.165) is 25.7 Å². The number of likely N-dealkylation sites (tertiary alicyclic amines) is 1. The fraction of sp³-hybridized carbons (Fsp3) is 0.696. The van der Waals surface area contributed by atoms with Crippen molar-refractivity contribution < 1.29 is 15.0 Å². The number of rotatable bonds is 4. The molecule has 1 aliphatic heterocycles. The van der Waals surface area contributed by atoms with Gasteiger partial charge in [0.05, 0.1) is 11.7 Å². The summed E-state index contributed by atoms with van der Waals surface area (Å²) in [5, 5.41) is 20.7. The second kappa shape index (κ2) is 6.05. The first-order valence-electron chi connectivity index (χ1n) is 10.6. The van der Waals surface area contributed by atoms with Crippen LogP contribution in [0.1, 0.15) is 49.7 Å². The minimum absolute atomic E-state index is 0.0332. The number of nitrogens with zero attached hydrogens (tertiary/aromatic N) is 1. The van der Waals surface area contributed by atoms with Crippen molar-refractivity contribution in [2.75, 3.05) is 13.1 Å². The van der Waals surface area contributed by atoms with Gasteiger partial charge in [-0.3, -0.25) is 4.79 Å². The lowest BCUT2D eigenvalue weighted by molar-refractivity contribution is -0.198. The van der Waals surface area contributed by atoms with Gasteiger partial charge in [-0.15, -0.1) is 0 Å². The quantitative estimate of drug-likeness (QED) is 0.858. The fourth-order valence-corrected chi connectivity index (χ4v) is 7.04. The zero-order valence-corrected chi connectivity index (χ0v) is 16.2. The maximum absolute atomic E-state index is 13.1. The Morgan fingerprint density at radius 3 is 2.48 bits per heavy atom. The van der Waals surface area contributed by atoms with Crippen molar-refractivity contribution >= 4 is 5.91 Å². The van der Waals surface area contributed by atoms with Gasteiger partial charge in [0, 0.05) is 19.5 Å². The van der Waals surface area contributed by atoms with Gasteiger partial charge in [-0.1, -0.05) is 29.8 Å². The Balaban J connectivity index is 1.47. The molecule has 0 spiro atoms. The second-order valence-electron chi connectivity index (χ2n) is 10.1. The molecule has 1 aromatic rings. The summed E-state index contributed by atoms with van der Waals surface area (Å²) in [5.41, 5.74) is 2.07. The van der Waals surface area contributed by atoms with Crippen LogP contribution in [-0.4, -0.2) is 45.8 Å². The van der Waals surface area contributed by atoms with Crippen molar-refractivity contribution in [1.29, 1.82) is 0 Å². The van der Waals surface area contributed by atoms with Gasteiger partial charge in [-0.2, -0.15) is 0 Å². The maximum atomic E-state index is 13.1. The highest BCUT2D eigenvalue weighted by molar-refractivity contribution is 5.78. The van der Waals surface area contributed by atoms with Gasteiger partial charge in [0.25, 0.3) is 0 Å². The molecule has 5 fully saturated rings. The number of hydrogen-bond donors (Lipinski definition) is 2. The van der Waals surface area contributed by atoms with Crippen molar-refractivity contribution in [3.05, 3.63) is 35.4 Å². The molecule has 0 radical (unpaired) electrons. The molecule has 2 unspecified atom stereocenters. The third kappa shape index (κ3) is 2.92. The van der Waals surface area contributed by atoms with E-state index in [1.807, 2.05) is 4.90 Å². The Morgan fingerprint density at radius 2 is 1.89 bits per heavy atom. The van der Waals surface area contributed by atoms with Gasteiger partial charge >= 0.3 is 0 Å². The summed E-state index contributed by atoms with van der Waals surface area (Å²) in [6, 6.07) is 8.71. The molecule has 1 amide bonds. The molecule has 27 heavy (non-hydrogen) atoms. The molecule has 146 valence electrons. The Bertz CT molecular complexity index is 738. The highest BCUT2D eigenvalue weighted by atomic mass is 16.3. The minimum atomic E-state index is -0.484.